The van der Waals surface area contributed by atoms with Crippen molar-refractivity contribution in [1.82, 2.24) is 55.4 Å². The number of carbonyl (C=O) groups is 1. The summed E-state index contributed by atoms with van der Waals surface area (Å²) in [7, 11) is 0. The lowest BCUT2D eigenvalue weighted by molar-refractivity contribution is 0.161. The number of fused-ring (bicyclic) bond motifs is 2. The lowest BCUT2D eigenvalue weighted by atomic mass is 9.98. The Hall–Kier alpha value is -5.19. The van der Waals surface area contributed by atoms with Gasteiger partial charge in [-0.25, -0.2) is 43.5 Å². The molecule has 8 heterocycles. The number of aromatic amines is 2. The number of pyridine rings is 2. The van der Waals surface area contributed by atoms with Crippen molar-refractivity contribution in [3.8, 4) is 22.8 Å². The van der Waals surface area contributed by atoms with Gasteiger partial charge in [-0.1, -0.05) is 23.2 Å². The van der Waals surface area contributed by atoms with Crippen LogP contribution in [0.2, 0.25) is 10.0 Å². The van der Waals surface area contributed by atoms with E-state index < -0.39 is 11.6 Å². The Morgan fingerprint density at radius 2 is 1.35 bits per heavy atom. The molecule has 0 bridgehead atoms. The van der Waals surface area contributed by atoms with Crippen molar-refractivity contribution in [3.05, 3.63) is 71.0 Å². The number of aromatic nitrogens is 8. The van der Waals surface area contributed by atoms with Crippen LogP contribution < -0.4 is 21.3 Å². The van der Waals surface area contributed by atoms with E-state index in [2.05, 4.69) is 61.1 Å². The SMILES string of the molecule is CC(C)(C)NC(=O)N1CCCC(CNc2nc(-c3c[nH]c4ncc(Cl)cc34)ncc2F)C1.Fc1cnc(-c2c[nH]c3ncc(Cl)cc23)nc1NCC1CCCNC1. The smallest absolute Gasteiger partial charge is 0.317 e. The summed E-state index contributed by atoms with van der Waals surface area (Å²) in [4.78, 5) is 45.9. The van der Waals surface area contributed by atoms with Crippen molar-refractivity contribution >= 4 is 62.9 Å². The number of nitrogens with zero attached hydrogens (tertiary/aromatic N) is 7. The summed E-state index contributed by atoms with van der Waals surface area (Å²) in [6.45, 7) is 10.4. The van der Waals surface area contributed by atoms with Gasteiger partial charge in [-0.15, -0.1) is 0 Å². The van der Waals surface area contributed by atoms with Crippen LogP contribution >= 0.6 is 23.2 Å². The molecule has 2 aliphatic rings. The van der Waals surface area contributed by atoms with Crippen molar-refractivity contribution in [1.29, 1.82) is 0 Å². The molecule has 57 heavy (non-hydrogen) atoms. The van der Waals surface area contributed by atoms with E-state index in [-0.39, 0.29) is 29.1 Å². The van der Waals surface area contributed by atoms with E-state index in [0.29, 0.717) is 64.1 Å². The van der Waals surface area contributed by atoms with E-state index in [4.69, 9.17) is 23.2 Å². The first-order chi connectivity index (χ1) is 27.4. The van der Waals surface area contributed by atoms with E-state index in [0.717, 1.165) is 67.9 Å². The largest absolute Gasteiger partial charge is 0.367 e. The van der Waals surface area contributed by atoms with Gasteiger partial charge in [-0.2, -0.15) is 0 Å². The van der Waals surface area contributed by atoms with Crippen LogP contribution in [0.5, 0.6) is 0 Å². The maximum atomic E-state index is 14.4. The molecule has 18 heteroatoms. The second-order valence-electron chi connectivity index (χ2n) is 15.4. The molecule has 2 amide bonds. The molecule has 2 atom stereocenters. The number of amides is 2. The fraction of sp³-hybridized carbons (Fsp3) is 0.410. The minimum absolute atomic E-state index is 0.0655. The van der Waals surface area contributed by atoms with Gasteiger partial charge in [0.15, 0.2) is 34.9 Å². The molecule has 2 unspecified atom stereocenters. The number of hydrogen-bond donors (Lipinski definition) is 6. The molecule has 8 rings (SSSR count). The summed E-state index contributed by atoms with van der Waals surface area (Å²) in [5.74, 6) is 0.855. The van der Waals surface area contributed by atoms with Gasteiger partial charge in [-0.3, -0.25) is 0 Å². The number of hydrogen-bond acceptors (Lipinski definition) is 10. The van der Waals surface area contributed by atoms with Gasteiger partial charge in [0.1, 0.15) is 11.3 Å². The molecule has 2 saturated heterocycles. The Morgan fingerprint density at radius 1 is 0.807 bits per heavy atom. The quantitative estimate of drug-likeness (QED) is 0.0894. The first-order valence-corrected chi connectivity index (χ1v) is 19.7. The van der Waals surface area contributed by atoms with Gasteiger partial charge < -0.3 is 36.1 Å². The predicted molar refractivity (Wildman–Crippen MR) is 219 cm³/mol. The van der Waals surface area contributed by atoms with Gasteiger partial charge in [0, 0.05) is 78.4 Å². The molecule has 0 aromatic carbocycles. The van der Waals surface area contributed by atoms with Crippen LogP contribution in [-0.4, -0.2) is 95.6 Å². The third-order valence-corrected chi connectivity index (χ3v) is 10.2. The monoisotopic (exact) mass is 819 g/mol. The highest BCUT2D eigenvalue weighted by Gasteiger charge is 2.26. The molecule has 14 nitrogen and oxygen atoms in total. The number of rotatable bonds is 8. The Bertz CT molecular complexity index is 2340. The first-order valence-electron chi connectivity index (χ1n) is 19.0. The maximum absolute atomic E-state index is 14.4. The minimum Gasteiger partial charge on any atom is -0.367 e. The Labute approximate surface area is 338 Å². The number of urea groups is 1. The molecule has 0 spiro atoms. The lowest BCUT2D eigenvalue weighted by Gasteiger charge is -2.35. The van der Waals surface area contributed by atoms with Crippen LogP contribution in [0.4, 0.5) is 25.2 Å². The topological polar surface area (TPSA) is 177 Å². The zero-order chi connectivity index (χ0) is 40.1. The molecule has 2 fully saturated rings. The van der Waals surface area contributed by atoms with Crippen LogP contribution in [-0.2, 0) is 0 Å². The van der Waals surface area contributed by atoms with Crippen molar-refractivity contribution in [2.75, 3.05) is 49.9 Å². The Kier molecular flexibility index (Phi) is 12.3. The summed E-state index contributed by atoms with van der Waals surface area (Å²) < 4.78 is 28.5. The highest BCUT2D eigenvalue weighted by molar-refractivity contribution is 6.31. The highest BCUT2D eigenvalue weighted by atomic mass is 35.5. The van der Waals surface area contributed by atoms with E-state index in [1.54, 1.807) is 36.9 Å². The molecule has 0 radical (unpaired) electrons. The summed E-state index contributed by atoms with van der Waals surface area (Å²) >= 11 is 12.1. The number of anilines is 2. The molecule has 6 aromatic rings. The average Bonchev–Trinajstić information content (AvgIpc) is 3.81. The van der Waals surface area contributed by atoms with Gasteiger partial charge in [0.25, 0.3) is 0 Å². The second-order valence-corrected chi connectivity index (χ2v) is 16.3. The summed E-state index contributed by atoms with van der Waals surface area (Å²) in [5, 5.41) is 15.2. The molecule has 6 aromatic heterocycles. The first kappa shape index (κ1) is 40.0. The zero-order valence-corrected chi connectivity index (χ0v) is 33.4. The fourth-order valence-corrected chi connectivity index (χ4v) is 7.28. The zero-order valence-electron chi connectivity index (χ0n) is 31.9. The standard InChI is InChI=1S/C22H27ClFN7O.C17H18ClFN6/c1-22(2,3)30-21(32)31-6-4-5-13(12-31)8-25-20-17(24)11-28-19(29-20)16-10-27-18-15(16)7-14(23)9-26-18;18-11-4-12-13(8-23-15(12)22-7-11)16-24-9-14(19)17(25-16)21-6-10-2-1-3-20-5-10/h7,9-11,13H,4-6,8,12H2,1-3H3,(H,26,27)(H,30,32)(H,25,28,29);4,7-10,20H,1-3,5-6H2,(H,22,23)(H,21,24,25). The van der Waals surface area contributed by atoms with Gasteiger partial charge in [-0.05, 0) is 83.5 Å². The van der Waals surface area contributed by atoms with Crippen LogP contribution in [0.15, 0.2) is 49.3 Å². The second kappa shape index (κ2) is 17.5. The molecular weight excluding hydrogens is 775 g/mol. The normalized spacial score (nSPS) is 17.3. The third kappa shape index (κ3) is 10.0. The number of nitrogens with one attached hydrogen (secondary N) is 6. The molecular formula is C39H45Cl2F2N13O. The average molecular weight is 821 g/mol. The van der Waals surface area contributed by atoms with E-state index in [9.17, 15) is 13.6 Å². The predicted octanol–water partition coefficient (Wildman–Crippen LogP) is 7.67. The van der Waals surface area contributed by atoms with E-state index in [1.807, 2.05) is 25.7 Å². The van der Waals surface area contributed by atoms with Crippen LogP contribution in [0.25, 0.3) is 44.8 Å². The number of H-pyrrole nitrogens is 2. The van der Waals surface area contributed by atoms with Crippen LogP contribution in [0, 0.1) is 23.5 Å². The van der Waals surface area contributed by atoms with Crippen molar-refractivity contribution < 1.29 is 13.6 Å². The van der Waals surface area contributed by atoms with E-state index in [1.165, 1.54) is 6.20 Å². The highest BCUT2D eigenvalue weighted by Crippen LogP contribution is 2.30. The van der Waals surface area contributed by atoms with Crippen LogP contribution in [0.1, 0.15) is 46.5 Å². The maximum Gasteiger partial charge on any atom is 0.317 e. The minimum atomic E-state index is -0.525. The number of halogens is 4. The van der Waals surface area contributed by atoms with Gasteiger partial charge in [0.05, 0.1) is 22.4 Å². The summed E-state index contributed by atoms with van der Waals surface area (Å²) in [6, 6.07) is 3.50. The molecule has 0 saturated carbocycles. The van der Waals surface area contributed by atoms with Gasteiger partial charge in [0.2, 0.25) is 0 Å². The number of carbonyl (C=O) groups excluding carboxylic acids is 1. The molecule has 6 N–H and O–H groups in total. The Morgan fingerprint density at radius 3 is 1.88 bits per heavy atom. The van der Waals surface area contributed by atoms with Crippen molar-refractivity contribution in [3.63, 3.8) is 0 Å². The molecule has 0 aliphatic carbocycles. The molecule has 2 aliphatic heterocycles. The van der Waals surface area contributed by atoms with Gasteiger partial charge >= 0.3 is 6.03 Å². The van der Waals surface area contributed by atoms with Crippen LogP contribution in [0.3, 0.4) is 0 Å². The van der Waals surface area contributed by atoms with E-state index >= 15 is 0 Å². The summed E-state index contributed by atoms with van der Waals surface area (Å²) in [6.07, 6.45) is 13.1. The van der Waals surface area contributed by atoms with Crippen molar-refractivity contribution in [2.24, 2.45) is 11.8 Å². The number of piperidine rings is 2. The molecule has 300 valence electrons. The van der Waals surface area contributed by atoms with Crippen molar-refractivity contribution in [2.45, 2.75) is 52.0 Å². The lowest BCUT2D eigenvalue weighted by Crippen LogP contribution is -2.51. The fourth-order valence-electron chi connectivity index (χ4n) is 6.96. The Balaban J connectivity index is 0.000000179. The summed E-state index contributed by atoms with van der Waals surface area (Å²) in [5.41, 5.74) is 2.50. The third-order valence-electron chi connectivity index (χ3n) is 9.77. The number of likely N-dealkylation sites (tertiary alicyclic amines) is 1.